The Balaban J connectivity index is 1.84. The van der Waals surface area contributed by atoms with Crippen molar-refractivity contribution in [2.24, 2.45) is 0 Å². The van der Waals surface area contributed by atoms with Gasteiger partial charge in [0.2, 0.25) is 0 Å². The van der Waals surface area contributed by atoms with Crippen LogP contribution in [0.2, 0.25) is 5.02 Å². The highest BCUT2D eigenvalue weighted by Crippen LogP contribution is 2.36. The lowest BCUT2D eigenvalue weighted by Crippen LogP contribution is -2.25. The van der Waals surface area contributed by atoms with E-state index in [2.05, 4.69) is 10.6 Å². The summed E-state index contributed by atoms with van der Waals surface area (Å²) in [5.41, 5.74) is 0.533. The summed E-state index contributed by atoms with van der Waals surface area (Å²) < 4.78 is 10.3. The molecule has 1 aliphatic heterocycles. The Hall–Kier alpha value is -3.24. The second-order valence-corrected chi connectivity index (χ2v) is 5.21. The van der Waals surface area contributed by atoms with Gasteiger partial charge in [-0.15, -0.1) is 0 Å². The fourth-order valence-corrected chi connectivity index (χ4v) is 2.26. The smallest absolute Gasteiger partial charge is 0.266 e. The van der Waals surface area contributed by atoms with Crippen molar-refractivity contribution in [3.05, 3.63) is 46.9 Å². The largest absolute Gasteiger partial charge is 0.482 e. The number of benzene rings is 1. The minimum Gasteiger partial charge on any atom is -0.482 e. The van der Waals surface area contributed by atoms with E-state index in [9.17, 15) is 9.59 Å². The zero-order valence-corrected chi connectivity index (χ0v) is 12.9. The third-order valence-corrected chi connectivity index (χ3v) is 3.46. The van der Waals surface area contributed by atoms with Gasteiger partial charge in [-0.05, 0) is 18.2 Å². The fourth-order valence-electron chi connectivity index (χ4n) is 2.05. The number of hydrogen-bond donors (Lipinski definition) is 2. The predicted octanol–water partition coefficient (Wildman–Crippen LogP) is 2.81. The lowest BCUT2D eigenvalue weighted by Gasteiger charge is -2.19. The molecule has 0 spiro atoms. The van der Waals surface area contributed by atoms with Gasteiger partial charge in [-0.25, -0.2) is 0 Å². The van der Waals surface area contributed by atoms with E-state index >= 15 is 0 Å². The molecule has 0 fully saturated rings. The number of anilines is 2. The highest BCUT2D eigenvalue weighted by atomic mass is 35.5. The molecule has 0 saturated heterocycles. The number of ether oxygens (including phenoxy) is 1. The van der Waals surface area contributed by atoms with Gasteiger partial charge >= 0.3 is 0 Å². The summed E-state index contributed by atoms with van der Waals surface area (Å²) >= 11 is 6.10. The van der Waals surface area contributed by atoms with E-state index in [1.54, 1.807) is 18.2 Å². The third-order valence-electron chi connectivity index (χ3n) is 3.15. The number of nitrogens with one attached hydrogen (secondary N) is 2. The van der Waals surface area contributed by atoms with Gasteiger partial charge in [-0.1, -0.05) is 11.6 Å². The lowest BCUT2D eigenvalue weighted by atomic mass is 10.2. The Labute approximate surface area is 141 Å². The molecular weight excluding hydrogens is 334 g/mol. The molecule has 120 valence electrons. The van der Waals surface area contributed by atoms with E-state index in [0.29, 0.717) is 17.2 Å². The molecule has 0 aliphatic carbocycles. The van der Waals surface area contributed by atoms with E-state index < -0.39 is 5.91 Å². The van der Waals surface area contributed by atoms with Crippen LogP contribution in [0.5, 0.6) is 5.75 Å². The fraction of sp³-hybridized carbons (Fsp3) is 0.0625. The van der Waals surface area contributed by atoms with Gasteiger partial charge < -0.3 is 19.8 Å². The summed E-state index contributed by atoms with van der Waals surface area (Å²) in [5, 5.41) is 14.5. The van der Waals surface area contributed by atoms with Crippen LogP contribution in [0.1, 0.15) is 5.76 Å². The topological polar surface area (TPSA) is 104 Å². The van der Waals surface area contributed by atoms with Crippen LogP contribution in [0.4, 0.5) is 11.4 Å². The molecule has 1 aliphatic rings. The molecular formula is C16H10ClN3O4. The van der Waals surface area contributed by atoms with E-state index in [1.165, 1.54) is 24.5 Å². The van der Waals surface area contributed by atoms with Gasteiger partial charge in [-0.2, -0.15) is 5.26 Å². The standard InChI is InChI=1S/C16H10ClN3O4/c17-11-5-13-14(24-8-15(21)19-13)6-12(11)20-16(22)9(7-18)4-10-2-1-3-23-10/h1-6H,8H2,(H,19,21)(H,20,22)/b9-4-. The molecule has 3 rings (SSSR count). The summed E-state index contributed by atoms with van der Waals surface area (Å²) in [6.45, 7) is -0.121. The molecule has 0 atom stereocenters. The molecule has 2 heterocycles. The molecule has 2 amide bonds. The van der Waals surface area contributed by atoms with Crippen LogP contribution in [0.15, 0.2) is 40.5 Å². The average molecular weight is 344 g/mol. The molecule has 0 unspecified atom stereocenters. The maximum atomic E-state index is 12.2. The molecule has 2 N–H and O–H groups in total. The number of furan rings is 1. The molecule has 1 aromatic carbocycles. The zero-order chi connectivity index (χ0) is 17.1. The zero-order valence-electron chi connectivity index (χ0n) is 12.1. The van der Waals surface area contributed by atoms with Crippen molar-refractivity contribution in [1.82, 2.24) is 0 Å². The average Bonchev–Trinajstić information content (AvgIpc) is 3.06. The normalized spacial score (nSPS) is 13.3. The number of nitriles is 1. The second-order valence-electron chi connectivity index (χ2n) is 4.80. The number of carbonyl (C=O) groups excluding carboxylic acids is 2. The summed E-state index contributed by atoms with van der Waals surface area (Å²) in [4.78, 5) is 23.5. The number of fused-ring (bicyclic) bond motifs is 1. The highest BCUT2D eigenvalue weighted by molar-refractivity contribution is 6.34. The first-order valence-corrected chi connectivity index (χ1v) is 7.17. The van der Waals surface area contributed by atoms with E-state index in [-0.39, 0.29) is 28.8 Å². The number of hydrogen-bond acceptors (Lipinski definition) is 5. The Bertz CT molecular complexity index is 881. The van der Waals surface area contributed by atoms with E-state index in [1.807, 2.05) is 0 Å². The molecule has 8 heteroatoms. The molecule has 7 nitrogen and oxygen atoms in total. The highest BCUT2D eigenvalue weighted by Gasteiger charge is 2.20. The number of amides is 2. The van der Waals surface area contributed by atoms with Crippen molar-refractivity contribution >= 4 is 40.9 Å². The Morgan fingerprint density at radius 1 is 1.46 bits per heavy atom. The van der Waals surface area contributed by atoms with Gasteiger partial charge in [0.25, 0.3) is 11.8 Å². The van der Waals surface area contributed by atoms with Crippen molar-refractivity contribution in [1.29, 1.82) is 5.26 Å². The first kappa shape index (κ1) is 15.6. The lowest BCUT2D eigenvalue weighted by molar-refractivity contribution is -0.118. The summed E-state index contributed by atoms with van der Waals surface area (Å²) in [6, 6.07) is 8.01. The van der Waals surface area contributed by atoms with Crippen LogP contribution in [0.25, 0.3) is 6.08 Å². The van der Waals surface area contributed by atoms with Crippen molar-refractivity contribution in [2.75, 3.05) is 17.2 Å². The maximum Gasteiger partial charge on any atom is 0.266 e. The minimum atomic E-state index is -0.643. The third kappa shape index (κ3) is 3.24. The van der Waals surface area contributed by atoms with Crippen molar-refractivity contribution in [3.8, 4) is 11.8 Å². The molecule has 0 bridgehead atoms. The number of nitrogens with zero attached hydrogens (tertiary/aromatic N) is 1. The monoisotopic (exact) mass is 343 g/mol. The minimum absolute atomic E-state index is 0.121. The van der Waals surface area contributed by atoms with Gasteiger partial charge in [-0.3, -0.25) is 9.59 Å². The first-order valence-electron chi connectivity index (χ1n) is 6.79. The van der Waals surface area contributed by atoms with Crippen molar-refractivity contribution < 1.29 is 18.7 Å². The van der Waals surface area contributed by atoms with Gasteiger partial charge in [0.15, 0.2) is 6.61 Å². The second kappa shape index (κ2) is 6.48. The predicted molar refractivity (Wildman–Crippen MR) is 86.5 cm³/mol. The van der Waals surface area contributed by atoms with E-state index in [4.69, 9.17) is 26.0 Å². The Kier molecular flexibility index (Phi) is 4.22. The summed E-state index contributed by atoms with van der Waals surface area (Å²) in [7, 11) is 0. The number of halogens is 1. The first-order chi connectivity index (χ1) is 11.6. The van der Waals surface area contributed by atoms with Crippen LogP contribution < -0.4 is 15.4 Å². The number of rotatable bonds is 3. The molecule has 24 heavy (non-hydrogen) atoms. The van der Waals surface area contributed by atoms with Crippen LogP contribution >= 0.6 is 11.6 Å². The van der Waals surface area contributed by atoms with Crippen molar-refractivity contribution in [2.45, 2.75) is 0 Å². The van der Waals surface area contributed by atoms with Gasteiger partial charge in [0.1, 0.15) is 23.2 Å². The van der Waals surface area contributed by atoms with Crippen LogP contribution in [-0.4, -0.2) is 18.4 Å². The number of carbonyl (C=O) groups is 2. The Morgan fingerprint density at radius 3 is 3.00 bits per heavy atom. The molecule has 0 saturated carbocycles. The molecule has 0 radical (unpaired) electrons. The molecule has 2 aromatic rings. The summed E-state index contributed by atoms with van der Waals surface area (Å²) in [5.74, 6) is -0.175. The van der Waals surface area contributed by atoms with Crippen LogP contribution in [0.3, 0.4) is 0 Å². The van der Waals surface area contributed by atoms with Crippen molar-refractivity contribution in [3.63, 3.8) is 0 Å². The SMILES string of the molecule is N#C/C(=C/c1ccco1)C(=O)Nc1cc2c(cc1Cl)NC(=O)CO2. The maximum absolute atomic E-state index is 12.2. The van der Waals surface area contributed by atoms with Gasteiger partial charge in [0.05, 0.1) is 22.7 Å². The summed E-state index contributed by atoms with van der Waals surface area (Å²) in [6.07, 6.45) is 2.75. The van der Waals surface area contributed by atoms with E-state index in [0.717, 1.165) is 0 Å². The van der Waals surface area contributed by atoms with Crippen LogP contribution in [-0.2, 0) is 9.59 Å². The molecule has 1 aromatic heterocycles. The van der Waals surface area contributed by atoms with Crippen LogP contribution in [0, 0.1) is 11.3 Å². The quantitative estimate of drug-likeness (QED) is 0.658. The van der Waals surface area contributed by atoms with Gasteiger partial charge in [0, 0.05) is 12.1 Å². The Morgan fingerprint density at radius 2 is 2.29 bits per heavy atom.